The first-order valence-electron chi connectivity index (χ1n) is 5.47. The SMILES string of the molecule is CC[C@H](C)[C@H](NC(=O)c1cncc(Cl)n1)C(=O)O. The number of aromatic nitrogens is 2. The summed E-state index contributed by atoms with van der Waals surface area (Å²) in [6, 6.07) is -0.955. The van der Waals surface area contributed by atoms with Crippen molar-refractivity contribution in [3.8, 4) is 0 Å². The van der Waals surface area contributed by atoms with E-state index in [4.69, 9.17) is 16.7 Å². The van der Waals surface area contributed by atoms with E-state index in [2.05, 4.69) is 15.3 Å². The molecule has 0 saturated heterocycles. The Morgan fingerprint density at radius 2 is 2.17 bits per heavy atom. The molecule has 0 fully saturated rings. The highest BCUT2D eigenvalue weighted by atomic mass is 35.5. The van der Waals surface area contributed by atoms with Crippen molar-refractivity contribution in [2.45, 2.75) is 26.3 Å². The smallest absolute Gasteiger partial charge is 0.326 e. The van der Waals surface area contributed by atoms with Crippen LogP contribution in [-0.2, 0) is 4.79 Å². The zero-order valence-corrected chi connectivity index (χ0v) is 10.8. The molecule has 0 spiro atoms. The second kappa shape index (κ2) is 6.30. The van der Waals surface area contributed by atoms with E-state index in [1.807, 2.05) is 6.92 Å². The molecular weight excluding hydrogens is 258 g/mol. The van der Waals surface area contributed by atoms with Gasteiger partial charge in [0.15, 0.2) is 0 Å². The number of rotatable bonds is 5. The van der Waals surface area contributed by atoms with Crippen LogP contribution in [0.4, 0.5) is 0 Å². The fraction of sp³-hybridized carbons (Fsp3) is 0.455. The van der Waals surface area contributed by atoms with Crippen LogP contribution in [0.15, 0.2) is 12.4 Å². The Labute approximate surface area is 109 Å². The second-order valence-corrected chi connectivity index (χ2v) is 4.29. The van der Waals surface area contributed by atoms with E-state index in [1.54, 1.807) is 6.92 Å². The number of carboxylic acid groups (broad SMARTS) is 1. The molecule has 18 heavy (non-hydrogen) atoms. The van der Waals surface area contributed by atoms with Gasteiger partial charge in [0, 0.05) is 0 Å². The summed E-state index contributed by atoms with van der Waals surface area (Å²) in [5.74, 6) is -1.86. The van der Waals surface area contributed by atoms with Gasteiger partial charge in [0.25, 0.3) is 5.91 Å². The van der Waals surface area contributed by atoms with E-state index in [9.17, 15) is 9.59 Å². The van der Waals surface area contributed by atoms with Gasteiger partial charge < -0.3 is 10.4 Å². The molecule has 0 radical (unpaired) electrons. The van der Waals surface area contributed by atoms with E-state index in [-0.39, 0.29) is 16.8 Å². The molecular formula is C11H14ClN3O3. The minimum absolute atomic E-state index is 0.00273. The van der Waals surface area contributed by atoms with Crippen molar-refractivity contribution in [1.82, 2.24) is 15.3 Å². The van der Waals surface area contributed by atoms with Crippen molar-refractivity contribution in [2.24, 2.45) is 5.92 Å². The molecule has 0 unspecified atom stereocenters. The van der Waals surface area contributed by atoms with Crippen LogP contribution in [0, 0.1) is 5.92 Å². The molecule has 1 heterocycles. The van der Waals surface area contributed by atoms with Crippen LogP contribution in [0.3, 0.4) is 0 Å². The molecule has 7 heteroatoms. The Balaban J connectivity index is 2.82. The lowest BCUT2D eigenvalue weighted by atomic mass is 9.99. The van der Waals surface area contributed by atoms with Gasteiger partial charge in [0.1, 0.15) is 16.9 Å². The molecule has 2 atom stereocenters. The summed E-state index contributed by atoms with van der Waals surface area (Å²) in [5, 5.41) is 11.5. The number of nitrogens with one attached hydrogen (secondary N) is 1. The molecule has 0 aliphatic carbocycles. The van der Waals surface area contributed by atoms with Crippen LogP contribution in [0.5, 0.6) is 0 Å². The highest BCUT2D eigenvalue weighted by molar-refractivity contribution is 6.29. The average Bonchev–Trinajstić information content (AvgIpc) is 2.34. The van der Waals surface area contributed by atoms with Crippen LogP contribution in [0.25, 0.3) is 0 Å². The molecule has 2 N–H and O–H groups in total. The number of hydrogen-bond donors (Lipinski definition) is 2. The van der Waals surface area contributed by atoms with E-state index >= 15 is 0 Å². The largest absolute Gasteiger partial charge is 0.480 e. The highest BCUT2D eigenvalue weighted by Gasteiger charge is 2.26. The van der Waals surface area contributed by atoms with Crippen molar-refractivity contribution < 1.29 is 14.7 Å². The minimum Gasteiger partial charge on any atom is -0.480 e. The molecule has 6 nitrogen and oxygen atoms in total. The molecule has 0 saturated carbocycles. The molecule has 0 aliphatic rings. The van der Waals surface area contributed by atoms with Crippen molar-refractivity contribution in [1.29, 1.82) is 0 Å². The summed E-state index contributed by atoms with van der Waals surface area (Å²) >= 11 is 5.61. The van der Waals surface area contributed by atoms with Crippen molar-refractivity contribution in [2.75, 3.05) is 0 Å². The number of nitrogens with zero attached hydrogens (tertiary/aromatic N) is 2. The maximum atomic E-state index is 11.8. The molecule has 1 aromatic rings. The number of carboxylic acids is 1. The van der Waals surface area contributed by atoms with Gasteiger partial charge in [-0.25, -0.2) is 9.78 Å². The first-order chi connectivity index (χ1) is 8.45. The van der Waals surface area contributed by atoms with Crippen LogP contribution < -0.4 is 5.32 Å². The molecule has 0 aromatic carbocycles. The third kappa shape index (κ3) is 3.66. The lowest BCUT2D eigenvalue weighted by Gasteiger charge is -2.19. The van der Waals surface area contributed by atoms with E-state index < -0.39 is 17.9 Å². The molecule has 0 bridgehead atoms. The first-order valence-corrected chi connectivity index (χ1v) is 5.84. The maximum absolute atomic E-state index is 11.8. The summed E-state index contributed by atoms with van der Waals surface area (Å²) in [6.45, 7) is 3.61. The Kier molecular flexibility index (Phi) is 5.03. The second-order valence-electron chi connectivity index (χ2n) is 3.90. The third-order valence-electron chi connectivity index (χ3n) is 2.60. The van der Waals surface area contributed by atoms with Gasteiger partial charge in [-0.1, -0.05) is 31.9 Å². The third-order valence-corrected chi connectivity index (χ3v) is 2.79. The van der Waals surface area contributed by atoms with Crippen LogP contribution in [0.1, 0.15) is 30.8 Å². The van der Waals surface area contributed by atoms with Gasteiger partial charge in [-0.3, -0.25) is 9.78 Å². The Hall–Kier alpha value is -1.69. The minimum atomic E-state index is -1.08. The van der Waals surface area contributed by atoms with Crippen LogP contribution in [0.2, 0.25) is 5.15 Å². The lowest BCUT2D eigenvalue weighted by Crippen LogP contribution is -2.45. The molecule has 0 aliphatic heterocycles. The molecule has 98 valence electrons. The van der Waals surface area contributed by atoms with Crippen LogP contribution >= 0.6 is 11.6 Å². The van der Waals surface area contributed by atoms with Gasteiger partial charge in [-0.15, -0.1) is 0 Å². The van der Waals surface area contributed by atoms with Gasteiger partial charge in [0.2, 0.25) is 0 Å². The van der Waals surface area contributed by atoms with Crippen LogP contribution in [-0.4, -0.2) is 33.0 Å². The van der Waals surface area contributed by atoms with E-state index in [0.29, 0.717) is 6.42 Å². The zero-order chi connectivity index (χ0) is 13.7. The first kappa shape index (κ1) is 14.4. The molecule has 1 aromatic heterocycles. The fourth-order valence-corrected chi connectivity index (χ4v) is 1.50. The maximum Gasteiger partial charge on any atom is 0.326 e. The number of aliphatic carboxylic acids is 1. The predicted molar refractivity (Wildman–Crippen MR) is 65.4 cm³/mol. The Morgan fingerprint density at radius 3 is 2.67 bits per heavy atom. The van der Waals surface area contributed by atoms with Gasteiger partial charge in [-0.05, 0) is 5.92 Å². The summed E-state index contributed by atoms with van der Waals surface area (Å²) in [6.07, 6.45) is 3.16. The topological polar surface area (TPSA) is 92.2 Å². The standard InChI is InChI=1S/C11H14ClN3O3/c1-3-6(2)9(11(17)18)15-10(16)7-4-13-5-8(12)14-7/h4-6,9H,3H2,1-2H3,(H,15,16)(H,17,18)/t6-,9-/m0/s1. The Morgan fingerprint density at radius 1 is 1.50 bits per heavy atom. The van der Waals surface area contributed by atoms with E-state index in [0.717, 1.165) is 0 Å². The summed E-state index contributed by atoms with van der Waals surface area (Å²) < 4.78 is 0. The number of carbonyl (C=O) groups excluding carboxylic acids is 1. The molecule has 1 rings (SSSR count). The summed E-state index contributed by atoms with van der Waals surface area (Å²) in [5.41, 5.74) is -0.00273. The summed E-state index contributed by atoms with van der Waals surface area (Å²) in [4.78, 5) is 30.3. The quantitative estimate of drug-likeness (QED) is 0.843. The van der Waals surface area contributed by atoms with Gasteiger partial charge in [0.05, 0.1) is 12.4 Å². The average molecular weight is 272 g/mol. The van der Waals surface area contributed by atoms with Crippen molar-refractivity contribution >= 4 is 23.5 Å². The fourth-order valence-electron chi connectivity index (χ4n) is 1.35. The number of hydrogen-bond acceptors (Lipinski definition) is 4. The normalized spacial score (nSPS) is 13.7. The number of amides is 1. The van der Waals surface area contributed by atoms with E-state index in [1.165, 1.54) is 12.4 Å². The number of carbonyl (C=O) groups is 2. The molecule has 1 amide bonds. The zero-order valence-electron chi connectivity index (χ0n) is 10.1. The Bertz CT molecular complexity index is 453. The summed E-state index contributed by atoms with van der Waals surface area (Å²) in [7, 11) is 0. The van der Waals surface area contributed by atoms with Crippen molar-refractivity contribution in [3.05, 3.63) is 23.2 Å². The highest BCUT2D eigenvalue weighted by Crippen LogP contribution is 2.09. The van der Waals surface area contributed by atoms with Gasteiger partial charge in [-0.2, -0.15) is 0 Å². The van der Waals surface area contributed by atoms with Gasteiger partial charge >= 0.3 is 5.97 Å². The monoisotopic (exact) mass is 271 g/mol. The lowest BCUT2D eigenvalue weighted by molar-refractivity contribution is -0.140. The van der Waals surface area contributed by atoms with Crippen molar-refractivity contribution in [3.63, 3.8) is 0 Å². The number of halogens is 1. The predicted octanol–water partition coefficient (Wildman–Crippen LogP) is 1.36.